The Morgan fingerprint density at radius 3 is 2.72 bits per heavy atom. The zero-order valence-corrected chi connectivity index (χ0v) is 11.6. The van der Waals surface area contributed by atoms with Crippen LogP contribution in [0.3, 0.4) is 0 Å². The monoisotopic (exact) mass is 247 g/mol. The molecule has 0 heterocycles. The second-order valence-electron chi connectivity index (χ2n) is 5.84. The summed E-state index contributed by atoms with van der Waals surface area (Å²) in [5.41, 5.74) is 1.33. The van der Waals surface area contributed by atoms with Crippen LogP contribution < -0.4 is 0 Å². The maximum atomic E-state index is 9.64. The number of rotatable bonds is 4. The fourth-order valence-electron chi connectivity index (χ4n) is 3.17. The molecule has 0 bridgehead atoms. The summed E-state index contributed by atoms with van der Waals surface area (Å²) in [5, 5.41) is 9.64. The molecule has 2 nitrogen and oxygen atoms in total. The van der Waals surface area contributed by atoms with Crippen LogP contribution in [-0.2, 0) is 0 Å². The quantitative estimate of drug-likeness (QED) is 0.878. The third kappa shape index (κ3) is 3.49. The predicted molar refractivity (Wildman–Crippen MR) is 76.0 cm³/mol. The summed E-state index contributed by atoms with van der Waals surface area (Å²) in [5.74, 6) is 1.83. The summed E-state index contributed by atoms with van der Waals surface area (Å²) >= 11 is 0. The van der Waals surface area contributed by atoms with Gasteiger partial charge < -0.3 is 10.0 Å². The van der Waals surface area contributed by atoms with E-state index < -0.39 is 0 Å². The highest BCUT2D eigenvalue weighted by molar-refractivity contribution is 5.30. The van der Waals surface area contributed by atoms with Crippen molar-refractivity contribution in [2.75, 3.05) is 20.6 Å². The Bertz CT molecular complexity index is 375. The molecule has 1 aliphatic carbocycles. The average molecular weight is 247 g/mol. The molecule has 0 aromatic heterocycles. The molecule has 1 aromatic carbocycles. The van der Waals surface area contributed by atoms with Crippen LogP contribution in [0.5, 0.6) is 5.75 Å². The van der Waals surface area contributed by atoms with Gasteiger partial charge in [-0.05, 0) is 69.4 Å². The maximum absolute atomic E-state index is 9.64. The van der Waals surface area contributed by atoms with E-state index >= 15 is 0 Å². The Hall–Kier alpha value is -1.02. The number of nitrogens with zero attached hydrogens (tertiary/aromatic N) is 1. The first-order chi connectivity index (χ1) is 8.66. The molecule has 1 aliphatic rings. The first-order valence-corrected chi connectivity index (χ1v) is 7.10. The normalized spacial score (nSPS) is 24.4. The SMILES string of the molecule is CN(C)CC[C@H]1CCCC[C@H]1c1cccc(O)c1. The minimum Gasteiger partial charge on any atom is -0.508 e. The van der Waals surface area contributed by atoms with Crippen LogP contribution in [0.4, 0.5) is 0 Å². The van der Waals surface area contributed by atoms with Crippen molar-refractivity contribution in [1.82, 2.24) is 4.90 Å². The summed E-state index contributed by atoms with van der Waals surface area (Å²) in [4.78, 5) is 2.27. The topological polar surface area (TPSA) is 23.5 Å². The Morgan fingerprint density at radius 1 is 1.22 bits per heavy atom. The van der Waals surface area contributed by atoms with E-state index in [0.29, 0.717) is 11.7 Å². The molecule has 100 valence electrons. The van der Waals surface area contributed by atoms with Gasteiger partial charge in [0.15, 0.2) is 0 Å². The van der Waals surface area contributed by atoms with Gasteiger partial charge in [0.1, 0.15) is 5.75 Å². The predicted octanol–water partition coefficient (Wildman–Crippen LogP) is 3.62. The van der Waals surface area contributed by atoms with E-state index in [2.05, 4.69) is 25.1 Å². The van der Waals surface area contributed by atoms with Crippen molar-refractivity contribution >= 4 is 0 Å². The van der Waals surface area contributed by atoms with Gasteiger partial charge in [0.05, 0.1) is 0 Å². The van der Waals surface area contributed by atoms with Gasteiger partial charge in [0, 0.05) is 0 Å². The first kappa shape index (κ1) is 13.4. The van der Waals surface area contributed by atoms with Crippen molar-refractivity contribution in [1.29, 1.82) is 0 Å². The van der Waals surface area contributed by atoms with E-state index in [4.69, 9.17) is 0 Å². The Kier molecular flexibility index (Phi) is 4.65. The van der Waals surface area contributed by atoms with Gasteiger partial charge in [0.2, 0.25) is 0 Å². The molecule has 0 spiro atoms. The van der Waals surface area contributed by atoms with Crippen LogP contribution in [0.1, 0.15) is 43.6 Å². The fourth-order valence-corrected chi connectivity index (χ4v) is 3.17. The molecule has 0 radical (unpaired) electrons. The number of phenolic OH excluding ortho intramolecular Hbond substituents is 1. The lowest BCUT2D eigenvalue weighted by Crippen LogP contribution is -2.23. The molecule has 2 rings (SSSR count). The minimum absolute atomic E-state index is 0.407. The zero-order valence-electron chi connectivity index (χ0n) is 11.6. The molecule has 0 amide bonds. The fraction of sp³-hybridized carbons (Fsp3) is 0.625. The number of hydrogen-bond acceptors (Lipinski definition) is 2. The highest BCUT2D eigenvalue weighted by Crippen LogP contribution is 2.40. The third-order valence-electron chi connectivity index (χ3n) is 4.15. The number of aromatic hydroxyl groups is 1. The van der Waals surface area contributed by atoms with Crippen molar-refractivity contribution in [3.63, 3.8) is 0 Å². The minimum atomic E-state index is 0.407. The van der Waals surface area contributed by atoms with E-state index in [0.717, 1.165) is 5.92 Å². The summed E-state index contributed by atoms with van der Waals surface area (Å²) in [6.45, 7) is 1.17. The highest BCUT2D eigenvalue weighted by atomic mass is 16.3. The van der Waals surface area contributed by atoms with Crippen LogP contribution in [0.15, 0.2) is 24.3 Å². The molecular weight excluding hydrogens is 222 g/mol. The van der Waals surface area contributed by atoms with Gasteiger partial charge in [-0.25, -0.2) is 0 Å². The smallest absolute Gasteiger partial charge is 0.115 e. The van der Waals surface area contributed by atoms with Crippen molar-refractivity contribution < 1.29 is 5.11 Å². The third-order valence-corrected chi connectivity index (χ3v) is 4.15. The Morgan fingerprint density at radius 2 is 2.00 bits per heavy atom. The van der Waals surface area contributed by atoms with Gasteiger partial charge in [-0.1, -0.05) is 25.0 Å². The van der Waals surface area contributed by atoms with Crippen LogP contribution in [0.2, 0.25) is 0 Å². The van der Waals surface area contributed by atoms with Gasteiger partial charge >= 0.3 is 0 Å². The molecule has 0 aliphatic heterocycles. The maximum Gasteiger partial charge on any atom is 0.115 e. The van der Waals surface area contributed by atoms with Crippen molar-refractivity contribution in [3.8, 4) is 5.75 Å². The van der Waals surface area contributed by atoms with Crippen molar-refractivity contribution in [2.45, 2.75) is 38.0 Å². The summed E-state index contributed by atoms with van der Waals surface area (Å²) in [6, 6.07) is 7.88. The van der Waals surface area contributed by atoms with E-state index in [1.165, 1.54) is 44.2 Å². The molecule has 1 N–H and O–H groups in total. The van der Waals surface area contributed by atoms with Crippen LogP contribution in [0, 0.1) is 5.92 Å². The number of benzene rings is 1. The molecule has 1 saturated carbocycles. The van der Waals surface area contributed by atoms with Crippen molar-refractivity contribution in [3.05, 3.63) is 29.8 Å². The second kappa shape index (κ2) is 6.24. The lowest BCUT2D eigenvalue weighted by molar-refractivity contribution is 0.258. The summed E-state index contributed by atoms with van der Waals surface area (Å²) < 4.78 is 0. The average Bonchev–Trinajstić information content (AvgIpc) is 2.36. The van der Waals surface area contributed by atoms with E-state index in [9.17, 15) is 5.11 Å². The summed E-state index contributed by atoms with van der Waals surface area (Å²) in [6.07, 6.45) is 6.59. The van der Waals surface area contributed by atoms with Gasteiger partial charge in [-0.15, -0.1) is 0 Å². The van der Waals surface area contributed by atoms with Crippen molar-refractivity contribution in [2.24, 2.45) is 5.92 Å². The molecule has 0 unspecified atom stereocenters. The van der Waals surface area contributed by atoms with E-state index in [1.807, 2.05) is 12.1 Å². The first-order valence-electron chi connectivity index (χ1n) is 7.10. The molecule has 0 saturated heterocycles. The van der Waals surface area contributed by atoms with Gasteiger partial charge in [-0.2, -0.15) is 0 Å². The van der Waals surface area contributed by atoms with Gasteiger partial charge in [0.25, 0.3) is 0 Å². The van der Waals surface area contributed by atoms with Crippen LogP contribution in [0.25, 0.3) is 0 Å². The number of hydrogen-bond donors (Lipinski definition) is 1. The molecular formula is C16H25NO. The number of phenols is 1. The molecule has 18 heavy (non-hydrogen) atoms. The van der Waals surface area contributed by atoms with Crippen LogP contribution in [-0.4, -0.2) is 30.6 Å². The second-order valence-corrected chi connectivity index (χ2v) is 5.84. The molecule has 1 aromatic rings. The Labute approximate surface area is 111 Å². The van der Waals surface area contributed by atoms with Gasteiger partial charge in [-0.3, -0.25) is 0 Å². The van der Waals surface area contributed by atoms with Crippen LogP contribution >= 0.6 is 0 Å². The molecule has 1 fully saturated rings. The largest absolute Gasteiger partial charge is 0.508 e. The Balaban J connectivity index is 2.07. The molecule has 2 heteroatoms. The lowest BCUT2D eigenvalue weighted by atomic mass is 9.74. The molecule has 2 atom stereocenters. The zero-order chi connectivity index (χ0) is 13.0. The lowest BCUT2D eigenvalue weighted by Gasteiger charge is -2.32. The van der Waals surface area contributed by atoms with E-state index in [-0.39, 0.29) is 0 Å². The van der Waals surface area contributed by atoms with E-state index in [1.54, 1.807) is 6.07 Å². The standard InChI is InChI=1S/C16H25NO/c1-17(2)11-10-13-6-3-4-9-16(13)14-7-5-8-15(18)12-14/h5,7-8,12-13,16,18H,3-4,6,9-11H2,1-2H3/t13-,16-/m1/s1. The highest BCUT2D eigenvalue weighted by Gasteiger charge is 2.26. The summed E-state index contributed by atoms with van der Waals surface area (Å²) in [7, 11) is 4.29.